The Morgan fingerprint density at radius 3 is 1.74 bits per heavy atom. The van der Waals surface area contributed by atoms with Gasteiger partial charge in [0.15, 0.2) is 0 Å². The van der Waals surface area contributed by atoms with Crippen molar-refractivity contribution in [1.82, 2.24) is 0 Å². The van der Waals surface area contributed by atoms with Gasteiger partial charge in [0.1, 0.15) is 0 Å². The van der Waals surface area contributed by atoms with Crippen LogP contribution in [-0.2, 0) is 9.59 Å². The molecule has 0 saturated heterocycles. The second-order valence-electron chi connectivity index (χ2n) is 6.69. The van der Waals surface area contributed by atoms with E-state index in [1.165, 1.54) is 12.1 Å². The zero-order valence-corrected chi connectivity index (χ0v) is 18.3. The van der Waals surface area contributed by atoms with Crippen molar-refractivity contribution in [2.24, 2.45) is 5.92 Å². The van der Waals surface area contributed by atoms with Gasteiger partial charge in [-0.2, -0.15) is 17.6 Å². The Kier molecular flexibility index (Phi) is 10.2. The van der Waals surface area contributed by atoms with Gasteiger partial charge in [-0.05, 0) is 36.6 Å². The van der Waals surface area contributed by atoms with Crippen LogP contribution in [0.5, 0.6) is 0 Å². The number of carbonyl (C=O) groups is 2. The lowest BCUT2D eigenvalue weighted by molar-refractivity contribution is -0.118. The van der Waals surface area contributed by atoms with Crippen LogP contribution < -0.4 is 10.6 Å². The van der Waals surface area contributed by atoms with E-state index in [0.29, 0.717) is 41.3 Å². The van der Waals surface area contributed by atoms with Crippen LogP contribution in [0.1, 0.15) is 26.2 Å². The highest BCUT2D eigenvalue weighted by molar-refractivity contribution is 8.00. The molecule has 0 aliphatic rings. The Balaban J connectivity index is 1.82. The Morgan fingerprint density at radius 1 is 0.806 bits per heavy atom. The Morgan fingerprint density at radius 2 is 1.26 bits per heavy atom. The third kappa shape index (κ3) is 9.22. The lowest BCUT2D eigenvalue weighted by Crippen LogP contribution is -2.18. The van der Waals surface area contributed by atoms with Gasteiger partial charge in [-0.3, -0.25) is 9.59 Å². The molecule has 0 radical (unpaired) electrons. The molecule has 2 aromatic rings. The molecule has 0 saturated carbocycles. The van der Waals surface area contributed by atoms with E-state index in [4.69, 9.17) is 0 Å². The molecule has 0 bridgehead atoms. The third-order valence-corrected chi connectivity index (χ3v) is 5.73. The first-order valence-corrected chi connectivity index (χ1v) is 11.2. The van der Waals surface area contributed by atoms with Crippen LogP contribution in [0.25, 0.3) is 0 Å². The molecule has 0 fully saturated rings. The van der Waals surface area contributed by atoms with Crippen LogP contribution >= 0.6 is 23.5 Å². The molecule has 2 amide bonds. The normalized spacial score (nSPS) is 12.1. The quantitative estimate of drug-likeness (QED) is 0.281. The fourth-order valence-electron chi connectivity index (χ4n) is 2.75. The summed E-state index contributed by atoms with van der Waals surface area (Å²) >= 11 is 0.712. The number of alkyl halides is 4. The lowest BCUT2D eigenvalue weighted by Gasteiger charge is -2.14. The molecule has 0 aliphatic heterocycles. The lowest BCUT2D eigenvalue weighted by atomic mass is 10.0. The van der Waals surface area contributed by atoms with Crippen molar-refractivity contribution in [3.8, 4) is 0 Å². The molecule has 2 N–H and O–H groups in total. The van der Waals surface area contributed by atoms with E-state index in [1.807, 2.05) is 0 Å². The van der Waals surface area contributed by atoms with E-state index in [-0.39, 0.29) is 40.4 Å². The molecule has 1 unspecified atom stereocenters. The second-order valence-corrected chi connectivity index (χ2v) is 8.76. The number of anilines is 2. The second kappa shape index (κ2) is 12.6. The number of hydrogen-bond donors (Lipinski definition) is 2. The van der Waals surface area contributed by atoms with Crippen molar-refractivity contribution in [2.75, 3.05) is 10.6 Å². The van der Waals surface area contributed by atoms with Gasteiger partial charge in [0.25, 0.3) is 11.5 Å². The van der Waals surface area contributed by atoms with Crippen LogP contribution in [-0.4, -0.2) is 23.3 Å². The van der Waals surface area contributed by atoms with Crippen molar-refractivity contribution in [3.05, 3.63) is 48.5 Å². The summed E-state index contributed by atoms with van der Waals surface area (Å²) in [7, 11) is 0. The van der Waals surface area contributed by atoms with Gasteiger partial charge in [-0.25, -0.2) is 0 Å². The fourth-order valence-corrected chi connectivity index (χ4v) is 3.94. The van der Waals surface area contributed by atoms with Gasteiger partial charge in [-0.1, -0.05) is 54.7 Å². The predicted octanol–water partition coefficient (Wildman–Crippen LogP) is 6.70. The van der Waals surface area contributed by atoms with Gasteiger partial charge < -0.3 is 10.6 Å². The number of nitrogens with one attached hydrogen (secondary N) is 2. The summed E-state index contributed by atoms with van der Waals surface area (Å²) < 4.78 is 50.5. The minimum Gasteiger partial charge on any atom is -0.325 e. The highest BCUT2D eigenvalue weighted by Crippen LogP contribution is 2.33. The highest BCUT2D eigenvalue weighted by Gasteiger charge is 2.16. The molecule has 2 aromatic carbocycles. The Bertz CT molecular complexity index is 884. The van der Waals surface area contributed by atoms with E-state index < -0.39 is 11.5 Å². The number of benzene rings is 2. The van der Waals surface area contributed by atoms with E-state index in [9.17, 15) is 27.2 Å². The summed E-state index contributed by atoms with van der Waals surface area (Å²) in [5.41, 5.74) is 0.632. The predicted molar refractivity (Wildman–Crippen MR) is 117 cm³/mol. The van der Waals surface area contributed by atoms with E-state index >= 15 is 0 Å². The van der Waals surface area contributed by atoms with Gasteiger partial charge in [0.2, 0.25) is 11.8 Å². The Labute approximate surface area is 186 Å². The molecule has 0 aromatic heterocycles. The standard InChI is InChI=1S/C21H22F4N2O2S2/c1-13(12-19(29)27-15-7-3-5-9-17(15)31-21(24)25)10-11-18(28)26-14-6-2-4-8-16(14)30-20(22)23/h2-9,13,20-21H,10-12H2,1H3,(H,26,28)(H,27,29). The zero-order valence-electron chi connectivity index (χ0n) is 16.6. The molecule has 2 rings (SSSR count). The molecule has 10 heteroatoms. The van der Waals surface area contributed by atoms with Crippen molar-refractivity contribution in [1.29, 1.82) is 0 Å². The summed E-state index contributed by atoms with van der Waals surface area (Å²) in [4.78, 5) is 25.0. The summed E-state index contributed by atoms with van der Waals surface area (Å²) in [5.74, 6) is -6.02. The van der Waals surface area contributed by atoms with E-state index in [1.54, 1.807) is 43.3 Å². The van der Waals surface area contributed by atoms with Crippen molar-refractivity contribution in [2.45, 2.75) is 47.5 Å². The molecule has 0 heterocycles. The maximum absolute atomic E-state index is 12.6. The molecule has 168 valence electrons. The van der Waals surface area contributed by atoms with Gasteiger partial charge >= 0.3 is 0 Å². The van der Waals surface area contributed by atoms with Crippen LogP contribution in [0.15, 0.2) is 58.3 Å². The maximum Gasteiger partial charge on any atom is 0.288 e. The minimum absolute atomic E-state index is 0.110. The molecular weight excluding hydrogens is 452 g/mol. The molecule has 0 spiro atoms. The first kappa shape index (κ1) is 25.1. The van der Waals surface area contributed by atoms with Gasteiger partial charge in [0, 0.05) is 22.6 Å². The van der Waals surface area contributed by atoms with Gasteiger partial charge in [-0.15, -0.1) is 0 Å². The summed E-state index contributed by atoms with van der Waals surface area (Å²) in [6, 6.07) is 12.6. The first-order chi connectivity index (χ1) is 14.7. The van der Waals surface area contributed by atoms with Crippen LogP contribution in [0.2, 0.25) is 0 Å². The van der Waals surface area contributed by atoms with E-state index in [2.05, 4.69) is 10.6 Å². The maximum atomic E-state index is 12.6. The topological polar surface area (TPSA) is 58.2 Å². The van der Waals surface area contributed by atoms with Crippen molar-refractivity contribution < 1.29 is 27.2 Å². The molecule has 4 nitrogen and oxygen atoms in total. The third-order valence-electron chi connectivity index (χ3n) is 4.15. The van der Waals surface area contributed by atoms with Crippen LogP contribution in [0, 0.1) is 5.92 Å². The smallest absolute Gasteiger partial charge is 0.288 e. The molecule has 1 atom stereocenters. The molecule has 0 aliphatic carbocycles. The van der Waals surface area contributed by atoms with Crippen LogP contribution in [0.3, 0.4) is 0 Å². The average molecular weight is 475 g/mol. The van der Waals surface area contributed by atoms with E-state index in [0.717, 1.165) is 0 Å². The Hall–Kier alpha value is -2.20. The number of rotatable bonds is 11. The highest BCUT2D eigenvalue weighted by atomic mass is 32.2. The zero-order chi connectivity index (χ0) is 22.8. The minimum atomic E-state index is -2.60. The summed E-state index contributed by atoms with van der Waals surface area (Å²) in [5, 5.41) is 5.26. The average Bonchev–Trinajstić information content (AvgIpc) is 2.68. The largest absolute Gasteiger partial charge is 0.325 e. The summed E-state index contributed by atoms with van der Waals surface area (Å²) in [6.07, 6.45) is 0.621. The van der Waals surface area contributed by atoms with Gasteiger partial charge in [0.05, 0.1) is 11.4 Å². The molecular formula is C21H22F4N2O2S2. The van der Waals surface area contributed by atoms with Crippen molar-refractivity contribution >= 4 is 46.7 Å². The van der Waals surface area contributed by atoms with Crippen molar-refractivity contribution in [3.63, 3.8) is 0 Å². The number of thioether (sulfide) groups is 2. The number of amides is 2. The van der Waals surface area contributed by atoms with Crippen LogP contribution in [0.4, 0.5) is 28.9 Å². The summed E-state index contributed by atoms with van der Waals surface area (Å²) in [6.45, 7) is 1.80. The SMILES string of the molecule is CC(CCC(=O)Nc1ccccc1SC(F)F)CC(=O)Nc1ccccc1SC(F)F. The number of carbonyl (C=O) groups excluding carboxylic acids is 2. The number of para-hydroxylation sites is 2. The fraction of sp³-hybridized carbons (Fsp3) is 0.333. The monoisotopic (exact) mass is 474 g/mol. The molecule has 31 heavy (non-hydrogen) atoms. The number of hydrogen-bond acceptors (Lipinski definition) is 4. The number of halogens is 4. The first-order valence-electron chi connectivity index (χ1n) is 9.42.